The minimum Gasteiger partial charge on any atom is -0.205 e. The molecule has 0 fully saturated rings. The highest BCUT2D eigenvalue weighted by molar-refractivity contribution is 7.87. The fourth-order valence-electron chi connectivity index (χ4n) is 0.313. The van der Waals surface area contributed by atoms with Gasteiger partial charge in [0.2, 0.25) is 0 Å². The molecule has 0 spiro atoms. The maximum atomic E-state index is 10.5. The van der Waals surface area contributed by atoms with Crippen LogP contribution in [0.2, 0.25) is 0 Å². The summed E-state index contributed by atoms with van der Waals surface area (Å²) in [6.45, 7) is 0.152. The lowest BCUT2D eigenvalue weighted by Gasteiger charge is -2.00. The van der Waals surface area contributed by atoms with Crippen LogP contribution in [0, 0.1) is 11.3 Å². The molecule has 0 aromatic carbocycles. The van der Waals surface area contributed by atoms with E-state index in [9.17, 15) is 8.42 Å². The molecular formula is C4H9N3O2S. The highest BCUT2D eigenvalue weighted by Gasteiger charge is 2.02. The highest BCUT2D eigenvalue weighted by Crippen LogP contribution is 1.75. The van der Waals surface area contributed by atoms with E-state index in [1.54, 1.807) is 0 Å². The molecule has 0 atom stereocenters. The Labute approximate surface area is 60.2 Å². The number of nitrogens with one attached hydrogen (secondary N) is 2. The van der Waals surface area contributed by atoms with Crippen LogP contribution in [0.3, 0.4) is 0 Å². The van der Waals surface area contributed by atoms with Gasteiger partial charge < -0.3 is 0 Å². The first-order valence-electron chi connectivity index (χ1n) is 2.67. The summed E-state index contributed by atoms with van der Waals surface area (Å²) in [4.78, 5) is 0. The Morgan fingerprint density at radius 3 is 2.60 bits per heavy atom. The second kappa shape index (κ2) is 4.22. The van der Waals surface area contributed by atoms with Crippen molar-refractivity contribution < 1.29 is 8.42 Å². The van der Waals surface area contributed by atoms with Gasteiger partial charge in [0, 0.05) is 20.0 Å². The van der Waals surface area contributed by atoms with Crippen molar-refractivity contribution in [3.63, 3.8) is 0 Å². The Bertz CT molecular complexity index is 215. The van der Waals surface area contributed by atoms with Crippen LogP contribution in [0.4, 0.5) is 0 Å². The molecule has 0 aliphatic heterocycles. The molecule has 2 N–H and O–H groups in total. The molecule has 0 aliphatic rings. The monoisotopic (exact) mass is 163 g/mol. The third-order valence-corrected chi connectivity index (χ3v) is 1.92. The molecular weight excluding hydrogens is 154 g/mol. The molecule has 0 saturated carbocycles. The van der Waals surface area contributed by atoms with Crippen molar-refractivity contribution in [2.45, 2.75) is 6.42 Å². The predicted molar refractivity (Wildman–Crippen MR) is 36.2 cm³/mol. The standard InChI is InChI=1S/C4H9N3O2S/c1-6-10(8,9)7-4-2-3-5/h6-7H,2,4H2,1H3. The van der Waals surface area contributed by atoms with Crippen molar-refractivity contribution in [3.05, 3.63) is 0 Å². The molecule has 58 valence electrons. The maximum absolute atomic E-state index is 10.5. The number of nitriles is 1. The summed E-state index contributed by atoms with van der Waals surface area (Å²) in [6, 6.07) is 1.81. The normalized spacial score (nSPS) is 10.8. The fourth-order valence-corrected chi connectivity index (χ4v) is 0.829. The number of rotatable bonds is 4. The van der Waals surface area contributed by atoms with Crippen LogP contribution in [0.5, 0.6) is 0 Å². The lowest BCUT2D eigenvalue weighted by atomic mass is 10.5. The summed E-state index contributed by atoms with van der Waals surface area (Å²) in [6.07, 6.45) is 0.181. The highest BCUT2D eigenvalue weighted by atomic mass is 32.2. The summed E-state index contributed by atoms with van der Waals surface area (Å²) in [5.41, 5.74) is 0. The Morgan fingerprint density at radius 2 is 2.20 bits per heavy atom. The summed E-state index contributed by atoms with van der Waals surface area (Å²) in [7, 11) is -2.04. The van der Waals surface area contributed by atoms with Gasteiger partial charge in [-0.25, -0.2) is 9.44 Å². The predicted octanol–water partition coefficient (Wildman–Crippen LogP) is -1.05. The van der Waals surface area contributed by atoms with Crippen LogP contribution < -0.4 is 9.44 Å². The second-order valence-corrected chi connectivity index (χ2v) is 3.21. The fraction of sp³-hybridized carbons (Fsp3) is 0.750. The first-order valence-corrected chi connectivity index (χ1v) is 4.16. The number of hydrogen-bond acceptors (Lipinski definition) is 3. The first-order chi connectivity index (χ1) is 4.62. The Kier molecular flexibility index (Phi) is 3.95. The van der Waals surface area contributed by atoms with Crippen LogP contribution in [0.15, 0.2) is 0 Å². The van der Waals surface area contributed by atoms with Crippen molar-refractivity contribution in [3.8, 4) is 6.07 Å². The van der Waals surface area contributed by atoms with E-state index in [1.165, 1.54) is 7.05 Å². The summed E-state index contributed by atoms with van der Waals surface area (Å²) >= 11 is 0. The molecule has 0 amide bonds. The van der Waals surface area contributed by atoms with Crippen LogP contribution in [0.25, 0.3) is 0 Å². The quantitative estimate of drug-likeness (QED) is 0.519. The third kappa shape index (κ3) is 4.26. The minimum absolute atomic E-state index is 0.152. The molecule has 0 aromatic heterocycles. The first kappa shape index (κ1) is 9.36. The van der Waals surface area contributed by atoms with Gasteiger partial charge in [0.25, 0.3) is 10.2 Å². The number of hydrogen-bond donors (Lipinski definition) is 2. The van der Waals surface area contributed by atoms with E-state index >= 15 is 0 Å². The molecule has 0 saturated heterocycles. The van der Waals surface area contributed by atoms with Gasteiger partial charge in [-0.15, -0.1) is 0 Å². The average Bonchev–Trinajstić information content (AvgIpc) is 1.89. The molecule has 0 aromatic rings. The lowest BCUT2D eigenvalue weighted by Crippen LogP contribution is -2.34. The van der Waals surface area contributed by atoms with Crippen LogP contribution >= 0.6 is 0 Å². The molecule has 0 heterocycles. The Balaban J connectivity index is 3.61. The van der Waals surface area contributed by atoms with E-state index in [-0.39, 0.29) is 13.0 Å². The lowest BCUT2D eigenvalue weighted by molar-refractivity contribution is 0.574. The van der Waals surface area contributed by atoms with E-state index in [2.05, 4.69) is 9.44 Å². The summed E-state index contributed by atoms with van der Waals surface area (Å²) in [5, 5.41) is 8.03. The topological polar surface area (TPSA) is 82.0 Å². The van der Waals surface area contributed by atoms with Gasteiger partial charge in [-0.3, -0.25) is 0 Å². The third-order valence-electron chi connectivity index (χ3n) is 0.798. The van der Waals surface area contributed by atoms with Crippen LogP contribution in [0.1, 0.15) is 6.42 Å². The van der Waals surface area contributed by atoms with Gasteiger partial charge >= 0.3 is 0 Å². The van der Waals surface area contributed by atoms with Crippen molar-refractivity contribution >= 4 is 10.2 Å². The van der Waals surface area contributed by atoms with Gasteiger partial charge in [0.1, 0.15) is 0 Å². The van der Waals surface area contributed by atoms with Crippen molar-refractivity contribution in [1.82, 2.24) is 9.44 Å². The van der Waals surface area contributed by atoms with E-state index in [0.29, 0.717) is 0 Å². The van der Waals surface area contributed by atoms with E-state index in [1.807, 2.05) is 6.07 Å². The minimum atomic E-state index is -3.34. The molecule has 0 bridgehead atoms. The van der Waals surface area contributed by atoms with Crippen LogP contribution in [-0.2, 0) is 10.2 Å². The molecule has 0 unspecified atom stereocenters. The molecule has 10 heavy (non-hydrogen) atoms. The van der Waals surface area contributed by atoms with E-state index in [4.69, 9.17) is 5.26 Å². The SMILES string of the molecule is CNS(=O)(=O)NCCC#N. The van der Waals surface area contributed by atoms with Crippen LogP contribution in [-0.4, -0.2) is 22.0 Å². The zero-order valence-corrected chi connectivity index (χ0v) is 6.40. The number of nitrogens with zero attached hydrogens (tertiary/aromatic N) is 1. The molecule has 0 rings (SSSR count). The van der Waals surface area contributed by atoms with Gasteiger partial charge in [-0.2, -0.15) is 13.7 Å². The Morgan fingerprint density at radius 1 is 1.60 bits per heavy atom. The van der Waals surface area contributed by atoms with Crippen molar-refractivity contribution in [1.29, 1.82) is 5.26 Å². The van der Waals surface area contributed by atoms with Gasteiger partial charge in [0.05, 0.1) is 6.07 Å². The average molecular weight is 163 g/mol. The Hall–Kier alpha value is -0.640. The maximum Gasteiger partial charge on any atom is 0.276 e. The van der Waals surface area contributed by atoms with Gasteiger partial charge in [-0.05, 0) is 0 Å². The van der Waals surface area contributed by atoms with E-state index in [0.717, 1.165) is 0 Å². The van der Waals surface area contributed by atoms with E-state index < -0.39 is 10.2 Å². The summed E-state index contributed by atoms with van der Waals surface area (Å²) < 4.78 is 25.3. The smallest absolute Gasteiger partial charge is 0.205 e. The zero-order chi connectivity index (χ0) is 8.04. The molecule has 0 radical (unpaired) electrons. The zero-order valence-electron chi connectivity index (χ0n) is 5.59. The molecule has 6 heteroatoms. The largest absolute Gasteiger partial charge is 0.276 e. The molecule has 0 aliphatic carbocycles. The summed E-state index contributed by atoms with van der Waals surface area (Å²) in [5.74, 6) is 0. The van der Waals surface area contributed by atoms with Crippen molar-refractivity contribution in [2.24, 2.45) is 0 Å². The van der Waals surface area contributed by atoms with Gasteiger partial charge in [-0.1, -0.05) is 0 Å². The van der Waals surface area contributed by atoms with Gasteiger partial charge in [0.15, 0.2) is 0 Å². The molecule has 5 nitrogen and oxygen atoms in total. The van der Waals surface area contributed by atoms with Crippen molar-refractivity contribution in [2.75, 3.05) is 13.6 Å². The second-order valence-electron chi connectivity index (χ2n) is 1.51.